The SMILES string of the molecule is CCOC(=O)CCNC(=O)CCC1CCNC1.Cl. The molecule has 1 amide bonds. The van der Waals surface area contributed by atoms with Crippen molar-refractivity contribution >= 4 is 24.3 Å². The summed E-state index contributed by atoms with van der Waals surface area (Å²) in [5, 5.41) is 6.01. The third kappa shape index (κ3) is 7.50. The van der Waals surface area contributed by atoms with Gasteiger partial charge in [0, 0.05) is 13.0 Å². The standard InChI is InChI=1S/C12H22N2O3.ClH/c1-2-17-12(16)6-8-14-11(15)4-3-10-5-7-13-9-10;/h10,13H,2-9H2,1H3,(H,14,15);1H. The van der Waals surface area contributed by atoms with E-state index in [1.807, 2.05) is 0 Å². The molecule has 1 unspecified atom stereocenters. The Morgan fingerprint density at radius 3 is 2.78 bits per heavy atom. The van der Waals surface area contributed by atoms with Crippen LogP contribution in [0.1, 0.15) is 32.6 Å². The van der Waals surface area contributed by atoms with E-state index in [4.69, 9.17) is 4.74 Å². The smallest absolute Gasteiger partial charge is 0.307 e. The van der Waals surface area contributed by atoms with Gasteiger partial charge in [-0.05, 0) is 38.8 Å². The van der Waals surface area contributed by atoms with Gasteiger partial charge in [0.25, 0.3) is 0 Å². The second-order valence-electron chi connectivity index (χ2n) is 4.30. The largest absolute Gasteiger partial charge is 0.466 e. The van der Waals surface area contributed by atoms with Crippen LogP contribution in [0.4, 0.5) is 0 Å². The average molecular weight is 279 g/mol. The second kappa shape index (κ2) is 10.1. The first-order chi connectivity index (χ1) is 8.22. The maximum atomic E-state index is 11.5. The number of ether oxygens (including phenoxy) is 1. The summed E-state index contributed by atoms with van der Waals surface area (Å²) in [6.07, 6.45) is 2.90. The normalized spacial score (nSPS) is 17.9. The summed E-state index contributed by atoms with van der Waals surface area (Å²) in [4.78, 5) is 22.5. The number of nitrogens with one attached hydrogen (secondary N) is 2. The minimum absolute atomic E-state index is 0. The first-order valence-corrected chi connectivity index (χ1v) is 6.35. The summed E-state index contributed by atoms with van der Waals surface area (Å²) < 4.78 is 4.77. The number of esters is 1. The van der Waals surface area contributed by atoms with Gasteiger partial charge < -0.3 is 15.4 Å². The molecule has 5 nitrogen and oxygen atoms in total. The first-order valence-electron chi connectivity index (χ1n) is 6.35. The first kappa shape index (κ1) is 17.2. The van der Waals surface area contributed by atoms with Crippen molar-refractivity contribution in [2.45, 2.75) is 32.6 Å². The molecule has 18 heavy (non-hydrogen) atoms. The molecule has 0 spiro atoms. The lowest BCUT2D eigenvalue weighted by Gasteiger charge is -2.08. The van der Waals surface area contributed by atoms with Crippen molar-refractivity contribution in [2.24, 2.45) is 5.92 Å². The molecule has 0 aromatic heterocycles. The van der Waals surface area contributed by atoms with Crippen molar-refractivity contribution in [1.29, 1.82) is 0 Å². The van der Waals surface area contributed by atoms with E-state index in [0.29, 0.717) is 25.5 Å². The van der Waals surface area contributed by atoms with Gasteiger partial charge in [-0.2, -0.15) is 0 Å². The number of carbonyl (C=O) groups excluding carboxylic acids is 2. The second-order valence-corrected chi connectivity index (χ2v) is 4.30. The molecule has 1 fully saturated rings. The highest BCUT2D eigenvalue weighted by atomic mass is 35.5. The Labute approximate surface area is 114 Å². The Bertz CT molecular complexity index is 256. The third-order valence-electron chi connectivity index (χ3n) is 2.90. The van der Waals surface area contributed by atoms with Gasteiger partial charge >= 0.3 is 5.97 Å². The monoisotopic (exact) mass is 278 g/mol. The summed E-state index contributed by atoms with van der Waals surface area (Å²) in [7, 11) is 0. The van der Waals surface area contributed by atoms with Gasteiger partial charge in [-0.15, -0.1) is 12.4 Å². The lowest BCUT2D eigenvalue weighted by atomic mass is 10.0. The lowest BCUT2D eigenvalue weighted by Crippen LogP contribution is -2.27. The number of hydrogen-bond donors (Lipinski definition) is 2. The van der Waals surface area contributed by atoms with Crippen molar-refractivity contribution in [3.8, 4) is 0 Å². The Hall–Kier alpha value is -0.810. The van der Waals surface area contributed by atoms with Crippen LogP contribution in [0.5, 0.6) is 0 Å². The van der Waals surface area contributed by atoms with Gasteiger partial charge in [0.15, 0.2) is 0 Å². The number of amides is 1. The maximum Gasteiger partial charge on any atom is 0.307 e. The minimum Gasteiger partial charge on any atom is -0.466 e. The molecule has 106 valence electrons. The van der Waals surface area contributed by atoms with Crippen molar-refractivity contribution in [1.82, 2.24) is 10.6 Å². The topological polar surface area (TPSA) is 67.4 Å². The zero-order valence-corrected chi connectivity index (χ0v) is 11.7. The van der Waals surface area contributed by atoms with Gasteiger partial charge in [-0.25, -0.2) is 0 Å². The summed E-state index contributed by atoms with van der Waals surface area (Å²) in [6, 6.07) is 0. The molecule has 1 atom stereocenters. The van der Waals surface area contributed by atoms with E-state index in [0.717, 1.165) is 25.9 Å². The van der Waals surface area contributed by atoms with E-state index in [1.165, 1.54) is 0 Å². The Balaban J connectivity index is 0.00000289. The van der Waals surface area contributed by atoms with Crippen LogP contribution in [0.15, 0.2) is 0 Å². The lowest BCUT2D eigenvalue weighted by molar-refractivity contribution is -0.143. The van der Waals surface area contributed by atoms with Crippen LogP contribution in [0, 0.1) is 5.92 Å². The summed E-state index contributed by atoms with van der Waals surface area (Å²) in [5.41, 5.74) is 0. The molecule has 0 aromatic carbocycles. The van der Waals surface area contributed by atoms with Crippen LogP contribution < -0.4 is 10.6 Å². The van der Waals surface area contributed by atoms with E-state index in [-0.39, 0.29) is 30.7 Å². The van der Waals surface area contributed by atoms with Crippen LogP contribution in [0.2, 0.25) is 0 Å². The predicted octanol–water partition coefficient (Wildman–Crippen LogP) is 0.867. The number of halogens is 1. The Morgan fingerprint density at radius 2 is 2.17 bits per heavy atom. The number of rotatable bonds is 7. The van der Waals surface area contributed by atoms with Crippen molar-refractivity contribution in [2.75, 3.05) is 26.2 Å². The van der Waals surface area contributed by atoms with Gasteiger partial charge in [0.1, 0.15) is 0 Å². The summed E-state index contributed by atoms with van der Waals surface area (Å²) in [5.74, 6) is 0.403. The molecule has 0 aromatic rings. The Kier molecular flexibility index (Phi) is 9.69. The fourth-order valence-corrected chi connectivity index (χ4v) is 1.92. The highest BCUT2D eigenvalue weighted by molar-refractivity contribution is 5.85. The predicted molar refractivity (Wildman–Crippen MR) is 71.7 cm³/mol. The molecule has 0 bridgehead atoms. The summed E-state index contributed by atoms with van der Waals surface area (Å²) in [6.45, 7) is 4.62. The van der Waals surface area contributed by atoms with Gasteiger partial charge in [-0.1, -0.05) is 0 Å². The van der Waals surface area contributed by atoms with Crippen LogP contribution in [-0.2, 0) is 14.3 Å². The van der Waals surface area contributed by atoms with E-state index in [1.54, 1.807) is 6.92 Å². The zero-order valence-electron chi connectivity index (χ0n) is 10.9. The van der Waals surface area contributed by atoms with Crippen LogP contribution in [0.25, 0.3) is 0 Å². The quantitative estimate of drug-likeness (QED) is 0.678. The fourth-order valence-electron chi connectivity index (χ4n) is 1.92. The van der Waals surface area contributed by atoms with Crippen LogP contribution in [-0.4, -0.2) is 38.1 Å². The zero-order chi connectivity index (χ0) is 12.5. The highest BCUT2D eigenvalue weighted by Crippen LogP contribution is 2.13. The molecule has 0 radical (unpaired) electrons. The molecular formula is C12H23ClN2O3. The molecule has 1 aliphatic rings. The third-order valence-corrected chi connectivity index (χ3v) is 2.90. The molecule has 6 heteroatoms. The molecule has 1 saturated heterocycles. The van der Waals surface area contributed by atoms with E-state index in [9.17, 15) is 9.59 Å². The molecular weight excluding hydrogens is 256 g/mol. The van der Waals surface area contributed by atoms with Crippen LogP contribution in [0.3, 0.4) is 0 Å². The van der Waals surface area contributed by atoms with Gasteiger partial charge in [0.2, 0.25) is 5.91 Å². The van der Waals surface area contributed by atoms with E-state index < -0.39 is 0 Å². The van der Waals surface area contributed by atoms with Crippen molar-refractivity contribution < 1.29 is 14.3 Å². The van der Waals surface area contributed by atoms with Gasteiger partial charge in [-0.3, -0.25) is 9.59 Å². The average Bonchev–Trinajstić information content (AvgIpc) is 2.79. The number of hydrogen-bond acceptors (Lipinski definition) is 4. The molecule has 1 heterocycles. The van der Waals surface area contributed by atoms with E-state index >= 15 is 0 Å². The molecule has 1 aliphatic heterocycles. The summed E-state index contributed by atoms with van der Waals surface area (Å²) >= 11 is 0. The number of carbonyl (C=O) groups is 2. The highest BCUT2D eigenvalue weighted by Gasteiger charge is 2.15. The van der Waals surface area contributed by atoms with Crippen LogP contribution >= 0.6 is 12.4 Å². The molecule has 1 rings (SSSR count). The molecule has 0 aliphatic carbocycles. The van der Waals surface area contributed by atoms with E-state index in [2.05, 4.69) is 10.6 Å². The van der Waals surface area contributed by atoms with Gasteiger partial charge in [0.05, 0.1) is 13.0 Å². The fraction of sp³-hybridized carbons (Fsp3) is 0.833. The molecule has 2 N–H and O–H groups in total. The molecule has 0 saturated carbocycles. The van der Waals surface area contributed by atoms with Crippen molar-refractivity contribution in [3.05, 3.63) is 0 Å². The minimum atomic E-state index is -0.257. The maximum absolute atomic E-state index is 11.5. The van der Waals surface area contributed by atoms with Crippen molar-refractivity contribution in [3.63, 3.8) is 0 Å². The Morgan fingerprint density at radius 1 is 1.39 bits per heavy atom.